The summed E-state index contributed by atoms with van der Waals surface area (Å²) in [5.41, 5.74) is 1.02. The van der Waals surface area contributed by atoms with Crippen LogP contribution in [0.1, 0.15) is 18.4 Å². The van der Waals surface area contributed by atoms with Crippen molar-refractivity contribution in [2.45, 2.75) is 24.7 Å². The van der Waals surface area contributed by atoms with Gasteiger partial charge in [0.05, 0.1) is 6.10 Å². The second-order valence-corrected chi connectivity index (χ2v) is 5.87. The Morgan fingerprint density at radius 3 is 3.00 bits per heavy atom. The van der Waals surface area contributed by atoms with E-state index in [9.17, 15) is 4.39 Å². The molecule has 0 aliphatic carbocycles. The van der Waals surface area contributed by atoms with Gasteiger partial charge in [0, 0.05) is 22.6 Å². The molecule has 4 heteroatoms. The molecule has 16 heavy (non-hydrogen) atoms. The van der Waals surface area contributed by atoms with E-state index in [1.165, 1.54) is 18.9 Å². The number of benzene rings is 1. The molecule has 0 amide bonds. The maximum absolute atomic E-state index is 13.1. The molecule has 2 rings (SSSR count). The van der Waals surface area contributed by atoms with Crippen LogP contribution in [0.2, 0.25) is 0 Å². The lowest BCUT2D eigenvalue weighted by molar-refractivity contribution is 0.129. The number of hydrogen-bond donors (Lipinski definition) is 0. The van der Waals surface area contributed by atoms with Crippen LogP contribution in [0.5, 0.6) is 0 Å². The summed E-state index contributed by atoms with van der Waals surface area (Å²) in [6.07, 6.45) is 2.75. The lowest BCUT2D eigenvalue weighted by Gasteiger charge is -2.08. The molecule has 1 heterocycles. The van der Waals surface area contributed by atoms with E-state index in [-0.39, 0.29) is 5.82 Å². The quantitative estimate of drug-likeness (QED) is 0.831. The Bertz CT molecular complexity index is 333. The molecule has 1 aliphatic rings. The van der Waals surface area contributed by atoms with Crippen molar-refractivity contribution >= 4 is 27.7 Å². The molecule has 0 N–H and O–H groups in total. The smallest absolute Gasteiger partial charge is 0.124 e. The lowest BCUT2D eigenvalue weighted by atomic mass is 10.2. The number of rotatable bonds is 4. The summed E-state index contributed by atoms with van der Waals surface area (Å²) in [5, 5.41) is 0. The Hall–Kier alpha value is -0.0600. The van der Waals surface area contributed by atoms with Gasteiger partial charge in [0.15, 0.2) is 0 Å². The zero-order valence-electron chi connectivity index (χ0n) is 8.92. The maximum Gasteiger partial charge on any atom is 0.124 e. The third kappa shape index (κ3) is 3.75. The Morgan fingerprint density at radius 2 is 2.31 bits per heavy atom. The molecular weight excluding hydrogens is 291 g/mol. The fourth-order valence-corrected chi connectivity index (χ4v) is 3.34. The highest BCUT2D eigenvalue weighted by atomic mass is 79.9. The second kappa shape index (κ2) is 6.03. The molecule has 0 spiro atoms. The molecule has 0 saturated carbocycles. The molecule has 1 saturated heterocycles. The van der Waals surface area contributed by atoms with E-state index in [0.29, 0.717) is 6.10 Å². The van der Waals surface area contributed by atoms with E-state index in [1.807, 2.05) is 17.8 Å². The van der Waals surface area contributed by atoms with Gasteiger partial charge in [-0.25, -0.2) is 4.39 Å². The van der Waals surface area contributed by atoms with Gasteiger partial charge < -0.3 is 4.74 Å². The highest BCUT2D eigenvalue weighted by Crippen LogP contribution is 2.22. The van der Waals surface area contributed by atoms with E-state index in [1.54, 1.807) is 6.07 Å². The maximum atomic E-state index is 13.1. The molecular formula is C12H14BrFOS. The largest absolute Gasteiger partial charge is 0.377 e. The van der Waals surface area contributed by atoms with Crippen LogP contribution in [-0.2, 0) is 10.5 Å². The van der Waals surface area contributed by atoms with Crippen LogP contribution in [-0.4, -0.2) is 18.5 Å². The van der Waals surface area contributed by atoms with Gasteiger partial charge in [-0.05, 0) is 36.6 Å². The lowest BCUT2D eigenvalue weighted by Crippen LogP contribution is -2.07. The first kappa shape index (κ1) is 12.4. The van der Waals surface area contributed by atoms with E-state index in [0.717, 1.165) is 28.1 Å². The topological polar surface area (TPSA) is 9.23 Å². The van der Waals surface area contributed by atoms with Crippen LogP contribution in [0, 0.1) is 5.82 Å². The van der Waals surface area contributed by atoms with Crippen molar-refractivity contribution in [2.75, 3.05) is 12.4 Å². The van der Waals surface area contributed by atoms with Gasteiger partial charge in [0.25, 0.3) is 0 Å². The monoisotopic (exact) mass is 304 g/mol. The summed E-state index contributed by atoms with van der Waals surface area (Å²) >= 11 is 5.11. The van der Waals surface area contributed by atoms with E-state index < -0.39 is 0 Å². The Kier molecular flexibility index (Phi) is 4.67. The second-order valence-electron chi connectivity index (χ2n) is 3.93. The first-order valence-electron chi connectivity index (χ1n) is 5.38. The number of hydrogen-bond acceptors (Lipinski definition) is 2. The van der Waals surface area contributed by atoms with Crippen LogP contribution >= 0.6 is 27.7 Å². The minimum absolute atomic E-state index is 0.179. The van der Waals surface area contributed by atoms with Gasteiger partial charge in [0.1, 0.15) is 5.82 Å². The highest BCUT2D eigenvalue weighted by molar-refractivity contribution is 9.10. The molecule has 1 aliphatic heterocycles. The fourth-order valence-electron chi connectivity index (χ4n) is 1.78. The number of halogens is 2. The Balaban J connectivity index is 1.80. The third-order valence-electron chi connectivity index (χ3n) is 2.52. The zero-order valence-corrected chi connectivity index (χ0v) is 11.3. The van der Waals surface area contributed by atoms with E-state index in [4.69, 9.17) is 4.74 Å². The van der Waals surface area contributed by atoms with Crippen LogP contribution < -0.4 is 0 Å². The van der Waals surface area contributed by atoms with Gasteiger partial charge >= 0.3 is 0 Å². The molecule has 1 atom stereocenters. The fraction of sp³-hybridized carbons (Fsp3) is 0.500. The van der Waals surface area contributed by atoms with Crippen molar-refractivity contribution in [1.82, 2.24) is 0 Å². The average Bonchev–Trinajstić information content (AvgIpc) is 2.69. The number of thioether (sulfide) groups is 1. The zero-order chi connectivity index (χ0) is 11.4. The van der Waals surface area contributed by atoms with Crippen molar-refractivity contribution in [3.05, 3.63) is 34.1 Å². The predicted octanol–water partition coefficient (Wildman–Crippen LogP) is 4.00. The molecule has 1 unspecified atom stereocenters. The number of ether oxygens (including phenoxy) is 1. The van der Waals surface area contributed by atoms with E-state index in [2.05, 4.69) is 15.9 Å². The van der Waals surface area contributed by atoms with Crippen LogP contribution in [0.15, 0.2) is 22.7 Å². The van der Waals surface area contributed by atoms with Crippen molar-refractivity contribution in [2.24, 2.45) is 0 Å². The molecule has 88 valence electrons. The van der Waals surface area contributed by atoms with Gasteiger partial charge in [-0.1, -0.05) is 15.9 Å². The molecule has 1 aromatic carbocycles. The van der Waals surface area contributed by atoms with Crippen molar-refractivity contribution < 1.29 is 9.13 Å². The standard InChI is InChI=1S/C12H14BrFOS/c13-10-4-9(5-11(14)6-10)7-16-8-12-2-1-3-15-12/h4-6,12H,1-3,7-8H2. The van der Waals surface area contributed by atoms with Gasteiger partial charge in [0.2, 0.25) is 0 Å². The summed E-state index contributed by atoms with van der Waals surface area (Å²) in [6.45, 7) is 0.900. The van der Waals surface area contributed by atoms with Crippen molar-refractivity contribution in [1.29, 1.82) is 0 Å². The minimum atomic E-state index is -0.179. The summed E-state index contributed by atoms with van der Waals surface area (Å²) in [6, 6.07) is 5.03. The van der Waals surface area contributed by atoms with E-state index >= 15 is 0 Å². The SMILES string of the molecule is Fc1cc(Br)cc(CSCC2CCCO2)c1. The predicted molar refractivity (Wildman–Crippen MR) is 69.2 cm³/mol. The third-order valence-corrected chi connectivity index (χ3v) is 4.12. The first-order chi connectivity index (χ1) is 7.74. The minimum Gasteiger partial charge on any atom is -0.377 e. The van der Waals surface area contributed by atoms with Crippen LogP contribution in [0.4, 0.5) is 4.39 Å². The Morgan fingerprint density at radius 1 is 1.44 bits per heavy atom. The molecule has 1 aromatic rings. The summed E-state index contributed by atoms with van der Waals surface area (Å²) in [5.74, 6) is 1.67. The molecule has 0 radical (unpaired) electrons. The molecule has 0 bridgehead atoms. The molecule has 0 aromatic heterocycles. The average molecular weight is 305 g/mol. The van der Waals surface area contributed by atoms with Crippen molar-refractivity contribution in [3.63, 3.8) is 0 Å². The summed E-state index contributed by atoms with van der Waals surface area (Å²) in [7, 11) is 0. The summed E-state index contributed by atoms with van der Waals surface area (Å²) in [4.78, 5) is 0. The van der Waals surface area contributed by atoms with Gasteiger partial charge in [-0.3, -0.25) is 0 Å². The van der Waals surface area contributed by atoms with Crippen molar-refractivity contribution in [3.8, 4) is 0 Å². The van der Waals surface area contributed by atoms with Gasteiger partial charge in [-0.15, -0.1) is 0 Å². The highest BCUT2D eigenvalue weighted by Gasteiger charge is 2.14. The van der Waals surface area contributed by atoms with Crippen LogP contribution in [0.25, 0.3) is 0 Å². The van der Waals surface area contributed by atoms with Gasteiger partial charge in [-0.2, -0.15) is 11.8 Å². The normalized spacial score (nSPS) is 20.2. The summed E-state index contributed by atoms with van der Waals surface area (Å²) < 4.78 is 19.4. The van der Waals surface area contributed by atoms with Crippen LogP contribution in [0.3, 0.4) is 0 Å². The Labute approximate surface area is 108 Å². The first-order valence-corrected chi connectivity index (χ1v) is 7.33. The molecule has 1 fully saturated rings. The molecule has 1 nitrogen and oxygen atoms in total.